The van der Waals surface area contributed by atoms with Gasteiger partial charge >= 0.3 is 0 Å². The number of nitrogens with one attached hydrogen (secondary N) is 2. The number of allylic oxidation sites excluding steroid dienone is 1. The number of aromatic nitrogens is 1. The highest BCUT2D eigenvalue weighted by atomic mass is 32.2. The molecule has 1 amide bonds. The SMILES string of the molecule is CCCCOc1ccnc2ccc(C/C=C3\SC(=N)NC3=O)cc12. The van der Waals surface area contributed by atoms with Gasteiger partial charge in [-0.1, -0.05) is 25.5 Å². The zero-order chi connectivity index (χ0) is 16.9. The van der Waals surface area contributed by atoms with Crippen molar-refractivity contribution in [2.24, 2.45) is 0 Å². The van der Waals surface area contributed by atoms with Crippen LogP contribution in [0.2, 0.25) is 0 Å². The van der Waals surface area contributed by atoms with Crippen LogP contribution >= 0.6 is 11.8 Å². The van der Waals surface area contributed by atoms with Gasteiger partial charge in [-0.2, -0.15) is 0 Å². The third-order valence-electron chi connectivity index (χ3n) is 3.71. The molecule has 124 valence electrons. The van der Waals surface area contributed by atoms with Gasteiger partial charge in [0, 0.05) is 11.6 Å². The van der Waals surface area contributed by atoms with Crippen LogP contribution in [0, 0.1) is 5.41 Å². The molecule has 1 saturated heterocycles. The average molecular weight is 341 g/mol. The van der Waals surface area contributed by atoms with Gasteiger partial charge < -0.3 is 10.1 Å². The summed E-state index contributed by atoms with van der Waals surface area (Å²) in [4.78, 5) is 16.6. The molecular weight excluding hydrogens is 322 g/mol. The van der Waals surface area contributed by atoms with Crippen molar-refractivity contribution in [2.75, 3.05) is 6.61 Å². The highest BCUT2D eigenvalue weighted by Crippen LogP contribution is 2.27. The number of hydrogen-bond acceptors (Lipinski definition) is 5. The lowest BCUT2D eigenvalue weighted by Crippen LogP contribution is -2.18. The molecule has 1 aliphatic rings. The number of thioether (sulfide) groups is 1. The molecule has 1 aliphatic heterocycles. The molecule has 3 rings (SSSR count). The molecule has 5 nitrogen and oxygen atoms in total. The number of ether oxygens (including phenoxy) is 1. The fourth-order valence-corrected chi connectivity index (χ4v) is 3.11. The molecule has 0 aliphatic carbocycles. The van der Waals surface area contributed by atoms with Crippen LogP contribution in [0.3, 0.4) is 0 Å². The first-order valence-corrected chi connectivity index (χ1v) is 8.77. The first-order valence-electron chi connectivity index (χ1n) is 7.95. The van der Waals surface area contributed by atoms with Crippen LogP contribution in [0.4, 0.5) is 0 Å². The molecule has 2 heterocycles. The maximum absolute atomic E-state index is 11.6. The summed E-state index contributed by atoms with van der Waals surface area (Å²) in [6.07, 6.45) is 6.36. The number of amides is 1. The van der Waals surface area contributed by atoms with E-state index in [1.807, 2.05) is 24.3 Å². The van der Waals surface area contributed by atoms with Crippen LogP contribution in [-0.4, -0.2) is 22.7 Å². The number of pyridine rings is 1. The van der Waals surface area contributed by atoms with Crippen molar-refractivity contribution in [1.82, 2.24) is 10.3 Å². The van der Waals surface area contributed by atoms with Crippen molar-refractivity contribution in [3.05, 3.63) is 47.0 Å². The Kier molecular flexibility index (Phi) is 5.15. The van der Waals surface area contributed by atoms with Gasteiger partial charge in [0.15, 0.2) is 5.17 Å². The lowest BCUT2D eigenvalue weighted by molar-refractivity contribution is -0.115. The van der Waals surface area contributed by atoms with Crippen LogP contribution in [0.15, 0.2) is 41.4 Å². The Hall–Kier alpha value is -2.34. The summed E-state index contributed by atoms with van der Waals surface area (Å²) in [5.74, 6) is 0.647. The van der Waals surface area contributed by atoms with Crippen LogP contribution < -0.4 is 10.1 Å². The van der Waals surface area contributed by atoms with E-state index in [1.165, 1.54) is 0 Å². The van der Waals surface area contributed by atoms with E-state index in [2.05, 4.69) is 23.3 Å². The summed E-state index contributed by atoms with van der Waals surface area (Å²) in [6.45, 7) is 2.83. The van der Waals surface area contributed by atoms with Gasteiger partial charge in [0.1, 0.15) is 5.75 Å². The predicted molar refractivity (Wildman–Crippen MR) is 97.4 cm³/mol. The van der Waals surface area contributed by atoms with Crippen LogP contribution in [-0.2, 0) is 11.2 Å². The fraction of sp³-hybridized carbons (Fsp3) is 0.278. The molecule has 1 fully saturated rings. The molecule has 0 atom stereocenters. The molecule has 2 aromatic rings. The molecule has 24 heavy (non-hydrogen) atoms. The minimum absolute atomic E-state index is 0.181. The third-order valence-corrected chi connectivity index (χ3v) is 4.59. The summed E-state index contributed by atoms with van der Waals surface area (Å²) in [5.41, 5.74) is 1.98. The first kappa shape index (κ1) is 16.5. The van der Waals surface area contributed by atoms with Crippen LogP contribution in [0.1, 0.15) is 25.3 Å². The normalized spacial score (nSPS) is 16.0. The van der Waals surface area contributed by atoms with E-state index in [0.717, 1.165) is 46.8 Å². The number of amidine groups is 1. The summed E-state index contributed by atoms with van der Waals surface area (Å²) in [5, 5.41) is 11.1. The van der Waals surface area contributed by atoms with Gasteiger partial charge in [0.2, 0.25) is 0 Å². The first-order chi connectivity index (χ1) is 11.7. The van der Waals surface area contributed by atoms with Crippen molar-refractivity contribution in [2.45, 2.75) is 26.2 Å². The average Bonchev–Trinajstić information content (AvgIpc) is 2.91. The highest BCUT2D eigenvalue weighted by molar-refractivity contribution is 8.18. The second-order valence-corrected chi connectivity index (χ2v) is 6.57. The van der Waals surface area contributed by atoms with E-state index < -0.39 is 0 Å². The molecule has 6 heteroatoms. The van der Waals surface area contributed by atoms with Crippen molar-refractivity contribution in [3.63, 3.8) is 0 Å². The molecule has 0 unspecified atom stereocenters. The quantitative estimate of drug-likeness (QED) is 0.621. The summed E-state index contributed by atoms with van der Waals surface area (Å²) < 4.78 is 5.87. The Morgan fingerprint density at radius 1 is 1.38 bits per heavy atom. The molecular formula is C18H19N3O2S. The topological polar surface area (TPSA) is 75.1 Å². The number of hydrogen-bond donors (Lipinski definition) is 2. The van der Waals surface area contributed by atoms with Gasteiger partial charge in [-0.15, -0.1) is 0 Å². The predicted octanol–water partition coefficient (Wildman–Crippen LogP) is 3.64. The Labute approximate surface area is 145 Å². The summed E-state index contributed by atoms with van der Waals surface area (Å²) in [6, 6.07) is 7.93. The number of rotatable bonds is 6. The van der Waals surface area contributed by atoms with Gasteiger partial charge in [0.05, 0.1) is 17.0 Å². The van der Waals surface area contributed by atoms with Crippen molar-refractivity contribution < 1.29 is 9.53 Å². The van der Waals surface area contributed by atoms with Gasteiger partial charge in [-0.3, -0.25) is 15.2 Å². The fourth-order valence-electron chi connectivity index (χ4n) is 2.44. The monoisotopic (exact) mass is 341 g/mol. The Morgan fingerprint density at radius 3 is 3.00 bits per heavy atom. The van der Waals surface area contributed by atoms with Gasteiger partial charge in [0.25, 0.3) is 5.91 Å². The molecule has 0 radical (unpaired) electrons. The van der Waals surface area contributed by atoms with Gasteiger partial charge in [-0.25, -0.2) is 0 Å². The lowest BCUT2D eigenvalue weighted by Gasteiger charge is -2.09. The van der Waals surface area contributed by atoms with Crippen molar-refractivity contribution in [1.29, 1.82) is 5.41 Å². The van der Waals surface area contributed by atoms with Crippen molar-refractivity contribution >= 4 is 33.7 Å². The second-order valence-electron chi connectivity index (χ2n) is 5.52. The standard InChI is InChI=1S/C18H19N3O2S/c1-2-3-10-23-15-8-9-20-14-6-4-12(11-13(14)15)5-7-16-17(22)21-18(19)24-16/h4,6-9,11H,2-3,5,10H2,1H3,(H2,19,21,22)/b16-7-. The minimum atomic E-state index is -0.198. The summed E-state index contributed by atoms with van der Waals surface area (Å²) >= 11 is 1.16. The number of fused-ring (bicyclic) bond motifs is 1. The largest absolute Gasteiger partial charge is 0.493 e. The molecule has 1 aromatic carbocycles. The van der Waals surface area contributed by atoms with Crippen LogP contribution in [0.25, 0.3) is 10.9 Å². The smallest absolute Gasteiger partial charge is 0.263 e. The summed E-state index contributed by atoms with van der Waals surface area (Å²) in [7, 11) is 0. The molecule has 1 aromatic heterocycles. The van der Waals surface area contributed by atoms with Crippen molar-refractivity contribution in [3.8, 4) is 5.75 Å². The molecule has 2 N–H and O–H groups in total. The Morgan fingerprint density at radius 2 is 2.25 bits per heavy atom. The number of carbonyl (C=O) groups excluding carboxylic acids is 1. The zero-order valence-electron chi connectivity index (χ0n) is 13.5. The minimum Gasteiger partial charge on any atom is -0.493 e. The number of unbranched alkanes of at least 4 members (excludes halogenated alkanes) is 1. The Bertz CT molecular complexity index is 817. The number of benzene rings is 1. The van der Waals surface area contributed by atoms with E-state index in [0.29, 0.717) is 17.9 Å². The van der Waals surface area contributed by atoms with Crippen LogP contribution in [0.5, 0.6) is 5.75 Å². The molecule has 0 saturated carbocycles. The second kappa shape index (κ2) is 7.49. The molecule has 0 bridgehead atoms. The highest BCUT2D eigenvalue weighted by Gasteiger charge is 2.21. The van der Waals surface area contributed by atoms with E-state index in [4.69, 9.17) is 10.1 Å². The third kappa shape index (κ3) is 3.76. The Balaban J connectivity index is 1.82. The lowest BCUT2D eigenvalue weighted by atomic mass is 10.1. The maximum atomic E-state index is 11.6. The van der Waals surface area contributed by atoms with Gasteiger partial charge in [-0.05, 0) is 48.4 Å². The van der Waals surface area contributed by atoms with E-state index >= 15 is 0 Å². The number of nitrogens with zero attached hydrogens (tertiary/aromatic N) is 1. The maximum Gasteiger partial charge on any atom is 0.263 e. The van der Waals surface area contributed by atoms with E-state index in [-0.39, 0.29) is 11.1 Å². The number of carbonyl (C=O) groups is 1. The van der Waals surface area contributed by atoms with E-state index in [1.54, 1.807) is 6.20 Å². The van der Waals surface area contributed by atoms with E-state index in [9.17, 15) is 4.79 Å². The zero-order valence-corrected chi connectivity index (χ0v) is 14.3. The molecule has 0 spiro atoms.